The van der Waals surface area contributed by atoms with Gasteiger partial charge in [-0.25, -0.2) is 39.1 Å². The van der Waals surface area contributed by atoms with Crippen molar-refractivity contribution in [3.63, 3.8) is 0 Å². The van der Waals surface area contributed by atoms with Gasteiger partial charge in [0.1, 0.15) is 22.8 Å². The SMILES string of the molecule is COC(=O)c1ccc2c(=O)[nH]ccc2n1.COC(=O)c1ccc2c[n+]([O-])ccc2n1.COC(=O)c1ccc2cnccc2n1.O.O=C(O)c1ccc2c(=O)[nH]ccc2n1. The van der Waals surface area contributed by atoms with E-state index in [2.05, 4.69) is 49.1 Å². The van der Waals surface area contributed by atoms with Gasteiger partial charge in [-0.2, -0.15) is 4.73 Å². The second-order valence-corrected chi connectivity index (χ2v) is 11.4. The van der Waals surface area contributed by atoms with Gasteiger partial charge in [0.2, 0.25) is 0 Å². The number of esters is 3. The first-order valence-electron chi connectivity index (χ1n) is 16.6. The Morgan fingerprint density at radius 1 is 0.593 bits per heavy atom. The molecule has 20 nitrogen and oxygen atoms in total. The number of carbonyl (C=O) groups excluding carboxylic acids is 3. The first-order valence-corrected chi connectivity index (χ1v) is 16.6. The van der Waals surface area contributed by atoms with Crippen LogP contribution < -0.4 is 15.8 Å². The Kier molecular flexibility index (Phi) is 14.6. The molecule has 0 radical (unpaired) electrons. The number of nitrogens with zero attached hydrogens (tertiary/aromatic N) is 6. The molecule has 300 valence electrons. The molecule has 0 unspecified atom stereocenters. The van der Waals surface area contributed by atoms with E-state index in [0.29, 0.717) is 43.1 Å². The highest BCUT2D eigenvalue weighted by molar-refractivity contribution is 5.92. The van der Waals surface area contributed by atoms with Crippen LogP contribution in [0.15, 0.2) is 120 Å². The molecule has 0 aromatic carbocycles. The minimum Gasteiger partial charge on any atom is -0.619 e. The van der Waals surface area contributed by atoms with Crippen LogP contribution in [0.25, 0.3) is 43.6 Å². The molecule has 0 saturated carbocycles. The van der Waals surface area contributed by atoms with Crippen LogP contribution in [-0.4, -0.2) is 90.7 Å². The Morgan fingerprint density at radius 2 is 1.03 bits per heavy atom. The second-order valence-electron chi connectivity index (χ2n) is 11.4. The van der Waals surface area contributed by atoms with Gasteiger partial charge in [-0.15, -0.1) is 0 Å². The summed E-state index contributed by atoms with van der Waals surface area (Å²) >= 11 is 0. The summed E-state index contributed by atoms with van der Waals surface area (Å²) in [5.41, 5.74) is 2.35. The molecule has 0 aliphatic carbocycles. The molecule has 8 aromatic heterocycles. The monoisotopic (exact) mass is 804 g/mol. The molecule has 0 spiro atoms. The molecular weight excluding hydrogens is 772 g/mol. The number of ether oxygens (including phenoxy) is 3. The van der Waals surface area contributed by atoms with E-state index in [9.17, 15) is 34.0 Å². The van der Waals surface area contributed by atoms with E-state index in [0.717, 1.165) is 10.9 Å². The van der Waals surface area contributed by atoms with E-state index in [1.165, 1.54) is 70.4 Å². The third kappa shape index (κ3) is 10.8. The van der Waals surface area contributed by atoms with Gasteiger partial charge in [0, 0.05) is 36.2 Å². The summed E-state index contributed by atoms with van der Waals surface area (Å²) in [6.45, 7) is 0. The number of rotatable bonds is 4. The number of hydrogen-bond donors (Lipinski definition) is 3. The lowest BCUT2D eigenvalue weighted by Gasteiger charge is -2.01. The average molecular weight is 805 g/mol. The zero-order valence-corrected chi connectivity index (χ0v) is 31.1. The van der Waals surface area contributed by atoms with Crippen LogP contribution in [0.4, 0.5) is 0 Å². The van der Waals surface area contributed by atoms with E-state index in [1.54, 1.807) is 60.9 Å². The minimum atomic E-state index is -1.10. The van der Waals surface area contributed by atoms with Gasteiger partial charge in [0.05, 0.1) is 59.6 Å². The van der Waals surface area contributed by atoms with Gasteiger partial charge >= 0.3 is 23.9 Å². The van der Waals surface area contributed by atoms with Crippen molar-refractivity contribution in [1.82, 2.24) is 34.9 Å². The number of H-pyrrole nitrogens is 2. The van der Waals surface area contributed by atoms with Crippen LogP contribution in [0.5, 0.6) is 0 Å². The fraction of sp³-hybridized carbons (Fsp3) is 0.0769. The Labute approximate surface area is 330 Å². The quantitative estimate of drug-likeness (QED) is 0.0996. The summed E-state index contributed by atoms with van der Waals surface area (Å²) in [5.74, 6) is -2.54. The Balaban J connectivity index is 0.000000173. The van der Waals surface area contributed by atoms with Gasteiger partial charge in [0.15, 0.2) is 12.4 Å². The minimum absolute atomic E-state index is 0. The number of nitrogens with one attached hydrogen (secondary N) is 2. The number of aromatic carboxylic acids is 1. The second kappa shape index (κ2) is 19.9. The van der Waals surface area contributed by atoms with Crippen molar-refractivity contribution < 1.29 is 48.7 Å². The fourth-order valence-electron chi connectivity index (χ4n) is 4.93. The zero-order chi connectivity index (χ0) is 41.8. The molecule has 20 heteroatoms. The van der Waals surface area contributed by atoms with E-state index in [4.69, 9.17) is 5.11 Å². The Morgan fingerprint density at radius 3 is 1.54 bits per heavy atom. The summed E-state index contributed by atoms with van der Waals surface area (Å²) < 4.78 is 14.3. The summed E-state index contributed by atoms with van der Waals surface area (Å²) in [4.78, 5) is 91.6. The molecule has 0 aliphatic heterocycles. The predicted molar refractivity (Wildman–Crippen MR) is 210 cm³/mol. The van der Waals surface area contributed by atoms with Crippen molar-refractivity contribution in [3.8, 4) is 0 Å². The highest BCUT2D eigenvalue weighted by atomic mass is 16.5. The van der Waals surface area contributed by atoms with Crippen molar-refractivity contribution in [2.75, 3.05) is 21.3 Å². The molecular formula is C39H32N8O12. The highest BCUT2D eigenvalue weighted by Gasteiger charge is 2.11. The van der Waals surface area contributed by atoms with Crippen molar-refractivity contribution >= 4 is 67.5 Å². The smallest absolute Gasteiger partial charge is 0.356 e. The molecule has 0 atom stereocenters. The van der Waals surface area contributed by atoms with Crippen LogP contribution in [0.2, 0.25) is 0 Å². The molecule has 0 fully saturated rings. The largest absolute Gasteiger partial charge is 0.619 e. The summed E-state index contributed by atoms with van der Waals surface area (Å²) in [6.07, 6.45) is 8.97. The number of carbonyl (C=O) groups is 4. The Bertz CT molecular complexity index is 2940. The van der Waals surface area contributed by atoms with Crippen molar-refractivity contribution in [1.29, 1.82) is 0 Å². The van der Waals surface area contributed by atoms with Crippen LogP contribution >= 0.6 is 0 Å². The van der Waals surface area contributed by atoms with Crippen LogP contribution in [-0.2, 0) is 14.2 Å². The molecule has 5 N–H and O–H groups in total. The summed E-state index contributed by atoms with van der Waals surface area (Å²) in [7, 11) is 3.91. The van der Waals surface area contributed by atoms with Gasteiger partial charge in [-0.1, -0.05) is 0 Å². The van der Waals surface area contributed by atoms with Crippen LogP contribution in [0, 0.1) is 5.21 Å². The molecule has 59 heavy (non-hydrogen) atoms. The standard InChI is InChI=1S/2C10H8N2O3.C10H8N2O2.C9H6N2O3.H2O/c1-15-10(13)9-3-2-7-6-12(14)5-4-8(7)11-9;1-15-10(14)8-3-2-6-7(12-8)4-5-11-9(6)13;1-14-10(13)9-3-2-7-6-11-5-4-8(7)12-9;12-8-5-1-2-7(9(13)14)11-6(5)3-4-10-8;/h2-6H,1H3;2-5H,1H3,(H,11,13);2-6H,1H3;1-4H,(H,10,12)(H,13,14);1H2. The fourth-order valence-corrected chi connectivity index (χ4v) is 4.93. The maximum absolute atomic E-state index is 11.3. The number of fused-ring (bicyclic) bond motifs is 4. The number of carboxylic acids is 1. The first kappa shape index (κ1) is 43.2. The van der Waals surface area contributed by atoms with Crippen molar-refractivity contribution in [2.45, 2.75) is 0 Å². The molecule has 0 bridgehead atoms. The molecule has 0 saturated heterocycles. The van der Waals surface area contributed by atoms with E-state index in [1.807, 2.05) is 0 Å². The zero-order valence-electron chi connectivity index (χ0n) is 31.1. The van der Waals surface area contributed by atoms with Gasteiger partial charge < -0.3 is 40.0 Å². The Hall–Kier alpha value is -8.52. The lowest BCUT2D eigenvalue weighted by Crippen LogP contribution is -2.23. The van der Waals surface area contributed by atoms with Gasteiger partial charge in [-0.05, 0) is 66.7 Å². The number of aromatic nitrogens is 8. The average Bonchev–Trinajstić information content (AvgIpc) is 3.25. The lowest BCUT2D eigenvalue weighted by molar-refractivity contribution is -0.603. The van der Waals surface area contributed by atoms with Gasteiger partial charge in [0.25, 0.3) is 11.1 Å². The number of hydrogen-bond acceptors (Lipinski definition) is 15. The number of methoxy groups -OCH3 is 3. The van der Waals surface area contributed by atoms with E-state index < -0.39 is 23.9 Å². The predicted octanol–water partition coefficient (Wildman–Crippen LogP) is 2.58. The van der Waals surface area contributed by atoms with E-state index >= 15 is 0 Å². The first-order chi connectivity index (χ1) is 27.9. The van der Waals surface area contributed by atoms with Crippen molar-refractivity contribution in [2.24, 2.45) is 0 Å². The topological polar surface area (TPSA) is 305 Å². The summed E-state index contributed by atoms with van der Waals surface area (Å²) in [6, 6.07) is 18.8. The van der Waals surface area contributed by atoms with Gasteiger partial charge in [-0.3, -0.25) is 14.6 Å². The van der Waals surface area contributed by atoms with Crippen LogP contribution in [0.1, 0.15) is 42.0 Å². The number of aromatic amines is 2. The molecule has 8 rings (SSSR count). The normalized spacial score (nSPS) is 10.0. The maximum Gasteiger partial charge on any atom is 0.356 e. The molecule has 0 aliphatic rings. The maximum atomic E-state index is 11.3. The molecule has 8 heterocycles. The van der Waals surface area contributed by atoms with Crippen molar-refractivity contribution in [3.05, 3.63) is 159 Å². The highest BCUT2D eigenvalue weighted by Crippen LogP contribution is 2.12. The molecule has 8 aromatic rings. The molecule has 0 amide bonds. The third-order valence-electron chi connectivity index (χ3n) is 7.75. The lowest BCUT2D eigenvalue weighted by atomic mass is 10.2. The number of carboxylic acid groups (broad SMARTS) is 1. The van der Waals surface area contributed by atoms with E-state index in [-0.39, 0.29) is 33.7 Å². The summed E-state index contributed by atoms with van der Waals surface area (Å²) in [5, 5.41) is 22.0. The third-order valence-corrected chi connectivity index (χ3v) is 7.75. The number of pyridine rings is 8. The van der Waals surface area contributed by atoms with Crippen LogP contribution in [0.3, 0.4) is 0 Å².